The van der Waals surface area contributed by atoms with E-state index in [2.05, 4.69) is 20.6 Å². The summed E-state index contributed by atoms with van der Waals surface area (Å²) in [5, 5.41) is 6.68. The van der Waals surface area contributed by atoms with Gasteiger partial charge in [0, 0.05) is 19.0 Å². The van der Waals surface area contributed by atoms with Gasteiger partial charge in [0.15, 0.2) is 11.7 Å². The maximum absolute atomic E-state index is 12.7. The molecule has 0 saturated carbocycles. The number of nitrogens with zero attached hydrogens (tertiary/aromatic N) is 2. The normalized spacial score (nSPS) is 13.0. The van der Waals surface area contributed by atoms with Crippen LogP contribution in [0.15, 0.2) is 34.6 Å². The van der Waals surface area contributed by atoms with Gasteiger partial charge in [-0.25, -0.2) is 4.98 Å². The molecular weight excluding hydrogens is 382 g/mol. The van der Waals surface area contributed by atoms with Crippen LogP contribution < -0.4 is 10.6 Å². The lowest BCUT2D eigenvalue weighted by Gasteiger charge is -2.12. The van der Waals surface area contributed by atoms with Crippen LogP contribution in [0.3, 0.4) is 0 Å². The van der Waals surface area contributed by atoms with Crippen molar-refractivity contribution in [3.8, 4) is 0 Å². The second kappa shape index (κ2) is 7.94. The monoisotopic (exact) mass is 396 g/mol. The molecule has 2 rings (SSSR count). The molecule has 0 unspecified atom stereocenters. The lowest BCUT2D eigenvalue weighted by atomic mass is 10.1. The van der Waals surface area contributed by atoms with Crippen molar-refractivity contribution < 1.29 is 26.3 Å². The Kier molecular flexibility index (Phi) is 6.11. The van der Waals surface area contributed by atoms with Crippen LogP contribution in [0.1, 0.15) is 21.8 Å². The van der Waals surface area contributed by atoms with Gasteiger partial charge in [-0.2, -0.15) is 26.3 Å². The molecule has 1 aromatic heterocycles. The van der Waals surface area contributed by atoms with Crippen molar-refractivity contribution in [2.75, 3.05) is 7.05 Å². The molecule has 11 heteroatoms. The molecule has 2 N–H and O–H groups in total. The van der Waals surface area contributed by atoms with Crippen molar-refractivity contribution in [2.45, 2.75) is 25.4 Å². The number of hydrogen-bond acceptors (Lipinski definition) is 3. The zero-order valence-electron chi connectivity index (χ0n) is 13.4. The molecule has 4 nitrogen and oxygen atoms in total. The van der Waals surface area contributed by atoms with Crippen LogP contribution >= 0.6 is 11.3 Å². The Bertz CT molecular complexity index is 766. The highest BCUT2D eigenvalue weighted by Crippen LogP contribution is 2.30. The Hall–Kier alpha value is -2.30. The van der Waals surface area contributed by atoms with Crippen LogP contribution in [-0.2, 0) is 25.4 Å². The van der Waals surface area contributed by atoms with E-state index in [1.54, 1.807) is 0 Å². The van der Waals surface area contributed by atoms with E-state index in [1.807, 2.05) is 0 Å². The van der Waals surface area contributed by atoms with Gasteiger partial charge < -0.3 is 10.6 Å². The molecule has 0 fully saturated rings. The number of thiazole rings is 1. The molecule has 0 radical (unpaired) electrons. The highest BCUT2D eigenvalue weighted by Gasteiger charge is 2.33. The lowest BCUT2D eigenvalue weighted by Crippen LogP contribution is -2.36. The minimum Gasteiger partial charge on any atom is -0.352 e. The third-order valence-corrected chi connectivity index (χ3v) is 4.04. The Labute approximate surface area is 149 Å². The molecular formula is C15H14F6N4S. The summed E-state index contributed by atoms with van der Waals surface area (Å²) in [5.41, 5.74) is -1.34. The third-order valence-electron chi connectivity index (χ3n) is 3.19. The van der Waals surface area contributed by atoms with Gasteiger partial charge in [-0.15, -0.1) is 11.3 Å². The topological polar surface area (TPSA) is 49.3 Å². The van der Waals surface area contributed by atoms with E-state index >= 15 is 0 Å². The fourth-order valence-corrected chi connectivity index (χ4v) is 2.69. The first-order chi connectivity index (χ1) is 12.1. The van der Waals surface area contributed by atoms with Crippen molar-refractivity contribution in [1.29, 1.82) is 0 Å². The Balaban J connectivity index is 1.91. The van der Waals surface area contributed by atoms with Crippen LogP contribution in [0.5, 0.6) is 0 Å². The van der Waals surface area contributed by atoms with Gasteiger partial charge in [0.25, 0.3) is 0 Å². The van der Waals surface area contributed by atoms with Gasteiger partial charge in [0.1, 0.15) is 5.01 Å². The number of rotatable bonds is 4. The van der Waals surface area contributed by atoms with Crippen molar-refractivity contribution >= 4 is 17.3 Å². The van der Waals surface area contributed by atoms with Gasteiger partial charge in [-0.05, 0) is 17.7 Å². The number of aromatic nitrogens is 1. The summed E-state index contributed by atoms with van der Waals surface area (Å²) in [4.78, 5) is 7.34. The highest BCUT2D eigenvalue weighted by molar-refractivity contribution is 7.09. The van der Waals surface area contributed by atoms with E-state index in [0.717, 1.165) is 28.8 Å². The molecule has 0 aliphatic rings. The van der Waals surface area contributed by atoms with E-state index in [0.29, 0.717) is 5.56 Å². The molecule has 0 saturated heterocycles. The highest BCUT2D eigenvalue weighted by atomic mass is 32.1. The first-order valence-electron chi connectivity index (χ1n) is 7.22. The van der Waals surface area contributed by atoms with Crippen molar-refractivity contribution in [2.24, 2.45) is 4.99 Å². The molecule has 1 heterocycles. The standard InChI is InChI=1S/C15H14F6N4S/c1-22-13(24-7-12-25-11(8-26-12)15(19,20)21)23-6-9-3-2-4-10(5-9)14(16,17)18/h2-5,8H,6-7H2,1H3,(H2,22,23,24). The molecule has 0 bridgehead atoms. The minimum atomic E-state index is -4.50. The molecule has 142 valence electrons. The average molecular weight is 396 g/mol. The van der Waals surface area contributed by atoms with Crippen LogP contribution in [0.2, 0.25) is 0 Å². The van der Waals surface area contributed by atoms with Gasteiger partial charge in [0.05, 0.1) is 12.1 Å². The predicted octanol–water partition coefficient (Wildman–Crippen LogP) is 4.05. The smallest absolute Gasteiger partial charge is 0.352 e. The summed E-state index contributed by atoms with van der Waals surface area (Å²) in [6, 6.07) is 4.80. The van der Waals surface area contributed by atoms with Gasteiger partial charge in [-0.3, -0.25) is 4.99 Å². The molecule has 0 amide bonds. The first kappa shape index (κ1) is 20.0. The van der Waals surface area contributed by atoms with Gasteiger partial charge in [0.2, 0.25) is 0 Å². The van der Waals surface area contributed by atoms with Crippen LogP contribution in [-0.4, -0.2) is 18.0 Å². The SMILES string of the molecule is CN=C(NCc1cccc(C(F)(F)F)c1)NCc1nc(C(F)(F)F)cs1. The van der Waals surface area contributed by atoms with Crippen LogP contribution in [0, 0.1) is 0 Å². The number of nitrogens with one attached hydrogen (secondary N) is 2. The Morgan fingerprint density at radius 3 is 2.35 bits per heavy atom. The van der Waals surface area contributed by atoms with Crippen molar-refractivity contribution in [1.82, 2.24) is 15.6 Å². The molecule has 0 spiro atoms. The summed E-state index contributed by atoms with van der Waals surface area (Å²) < 4.78 is 75.6. The van der Waals surface area contributed by atoms with E-state index in [-0.39, 0.29) is 24.1 Å². The predicted molar refractivity (Wildman–Crippen MR) is 85.6 cm³/mol. The van der Waals surface area contributed by atoms with Crippen molar-refractivity contribution in [3.63, 3.8) is 0 Å². The maximum Gasteiger partial charge on any atom is 0.434 e. The number of hydrogen-bond donors (Lipinski definition) is 2. The largest absolute Gasteiger partial charge is 0.434 e. The van der Waals surface area contributed by atoms with Crippen LogP contribution in [0.25, 0.3) is 0 Å². The number of alkyl halides is 6. The van der Waals surface area contributed by atoms with Crippen LogP contribution in [0.4, 0.5) is 26.3 Å². The zero-order chi connectivity index (χ0) is 19.4. The summed E-state index contributed by atoms with van der Waals surface area (Å²) in [6.07, 6.45) is -8.94. The quantitative estimate of drug-likeness (QED) is 0.466. The summed E-state index contributed by atoms with van der Waals surface area (Å²) in [5.74, 6) is 0.228. The number of benzene rings is 1. The Morgan fingerprint density at radius 1 is 1.08 bits per heavy atom. The second-order valence-corrected chi connectivity index (χ2v) is 6.04. The number of aliphatic imine (C=N–C) groups is 1. The molecule has 0 aliphatic carbocycles. The minimum absolute atomic E-state index is 0.00299. The molecule has 26 heavy (non-hydrogen) atoms. The molecule has 2 aromatic rings. The fourth-order valence-electron chi connectivity index (χ4n) is 1.95. The van der Waals surface area contributed by atoms with Crippen molar-refractivity contribution in [3.05, 3.63) is 51.5 Å². The van der Waals surface area contributed by atoms with E-state index < -0.39 is 23.6 Å². The maximum atomic E-state index is 12.7. The second-order valence-electron chi connectivity index (χ2n) is 5.10. The summed E-state index contributed by atoms with van der Waals surface area (Å²) in [7, 11) is 1.43. The lowest BCUT2D eigenvalue weighted by molar-refractivity contribution is -0.141. The van der Waals surface area contributed by atoms with Gasteiger partial charge >= 0.3 is 12.4 Å². The van der Waals surface area contributed by atoms with Gasteiger partial charge in [-0.1, -0.05) is 12.1 Å². The molecule has 0 aliphatic heterocycles. The van der Waals surface area contributed by atoms with E-state index in [1.165, 1.54) is 19.2 Å². The fraction of sp³-hybridized carbons (Fsp3) is 0.333. The molecule has 0 atom stereocenters. The summed E-state index contributed by atoms with van der Waals surface area (Å²) in [6.45, 7) is 0.0677. The third kappa shape index (κ3) is 5.61. The zero-order valence-corrected chi connectivity index (χ0v) is 14.2. The number of halogens is 6. The Morgan fingerprint density at radius 2 is 1.77 bits per heavy atom. The molecule has 1 aromatic carbocycles. The number of guanidine groups is 1. The average Bonchev–Trinajstić information content (AvgIpc) is 3.04. The summed E-state index contributed by atoms with van der Waals surface area (Å²) >= 11 is 0.847. The van der Waals surface area contributed by atoms with E-state index in [4.69, 9.17) is 0 Å². The van der Waals surface area contributed by atoms with E-state index in [9.17, 15) is 26.3 Å². The first-order valence-corrected chi connectivity index (χ1v) is 8.10.